The van der Waals surface area contributed by atoms with E-state index >= 15 is 0 Å². The molecule has 0 saturated carbocycles. The molecule has 1 amide bonds. The fraction of sp³-hybridized carbons (Fsp3) is 0.308. The van der Waals surface area contributed by atoms with E-state index in [0.29, 0.717) is 5.75 Å². The number of nitrogens with zero attached hydrogens (tertiary/aromatic N) is 1. The third kappa shape index (κ3) is 5.49. The number of methoxy groups -OCH3 is 1. The van der Waals surface area contributed by atoms with Crippen LogP contribution in [-0.4, -0.2) is 43.0 Å². The van der Waals surface area contributed by atoms with Crippen LogP contribution < -0.4 is 10.2 Å². The Bertz CT molecular complexity index is 482. The molecule has 1 aromatic carbocycles. The lowest BCUT2D eigenvalue weighted by Crippen LogP contribution is -2.28. The Hall–Kier alpha value is -2.41. The molecule has 1 rings (SSSR count). The van der Waals surface area contributed by atoms with E-state index in [9.17, 15) is 9.59 Å². The second-order valence-corrected chi connectivity index (χ2v) is 3.84. The molecular formula is C13H16N2O5. The van der Waals surface area contributed by atoms with Crippen LogP contribution in [0.5, 0.6) is 5.75 Å². The van der Waals surface area contributed by atoms with E-state index in [2.05, 4.69) is 15.3 Å². The van der Waals surface area contributed by atoms with Gasteiger partial charge < -0.3 is 14.6 Å². The van der Waals surface area contributed by atoms with Crippen molar-refractivity contribution in [2.24, 2.45) is 5.10 Å². The quantitative estimate of drug-likeness (QED) is 0.436. The normalized spacial score (nSPS) is 11.9. The van der Waals surface area contributed by atoms with E-state index in [0.717, 1.165) is 5.56 Å². The molecule has 0 fully saturated rings. The Morgan fingerprint density at radius 2 is 2.05 bits per heavy atom. The number of amides is 1. The molecule has 1 aromatic rings. The summed E-state index contributed by atoms with van der Waals surface area (Å²) in [4.78, 5) is 21.9. The van der Waals surface area contributed by atoms with Crippen LogP contribution >= 0.6 is 0 Å². The number of benzene rings is 1. The van der Waals surface area contributed by atoms with Gasteiger partial charge in [0.2, 0.25) is 0 Å². The van der Waals surface area contributed by atoms with Gasteiger partial charge in [-0.3, -0.25) is 4.79 Å². The van der Waals surface area contributed by atoms with E-state index in [4.69, 9.17) is 9.84 Å². The number of hydrazone groups is 1. The number of carbonyl (C=O) groups excluding carboxylic acids is 2. The lowest BCUT2D eigenvalue weighted by molar-refractivity contribution is -0.142. The zero-order chi connectivity index (χ0) is 15.0. The van der Waals surface area contributed by atoms with E-state index in [-0.39, 0.29) is 6.61 Å². The largest absolute Gasteiger partial charge is 0.482 e. The van der Waals surface area contributed by atoms with Crippen molar-refractivity contribution in [1.82, 2.24) is 5.43 Å². The maximum Gasteiger partial charge on any atom is 0.343 e. The van der Waals surface area contributed by atoms with Crippen LogP contribution in [0, 0.1) is 0 Å². The summed E-state index contributed by atoms with van der Waals surface area (Å²) in [7, 11) is 1.28. The monoisotopic (exact) mass is 280 g/mol. The maximum atomic E-state index is 11.0. The van der Waals surface area contributed by atoms with Crippen LogP contribution in [0.4, 0.5) is 0 Å². The lowest BCUT2D eigenvalue weighted by atomic mass is 10.2. The third-order valence-electron chi connectivity index (χ3n) is 2.23. The van der Waals surface area contributed by atoms with E-state index in [1.807, 2.05) is 0 Å². The molecule has 0 aliphatic carbocycles. The number of nitrogens with one attached hydrogen (secondary N) is 1. The van der Waals surface area contributed by atoms with Gasteiger partial charge in [0.05, 0.1) is 13.3 Å². The molecule has 0 spiro atoms. The molecule has 2 N–H and O–H groups in total. The fourth-order valence-electron chi connectivity index (χ4n) is 1.12. The number of ether oxygens (including phenoxy) is 2. The minimum absolute atomic E-state index is 0.158. The zero-order valence-electron chi connectivity index (χ0n) is 11.2. The first-order valence-electron chi connectivity index (χ1n) is 5.83. The predicted molar refractivity (Wildman–Crippen MR) is 71.4 cm³/mol. The average molecular weight is 280 g/mol. The molecule has 0 aromatic heterocycles. The highest BCUT2D eigenvalue weighted by atomic mass is 16.6. The second-order valence-electron chi connectivity index (χ2n) is 3.84. The first-order valence-corrected chi connectivity index (χ1v) is 5.83. The van der Waals surface area contributed by atoms with Gasteiger partial charge in [-0.2, -0.15) is 5.10 Å². The Labute approximate surface area is 116 Å². The smallest absolute Gasteiger partial charge is 0.343 e. The molecular weight excluding hydrogens is 264 g/mol. The van der Waals surface area contributed by atoms with Gasteiger partial charge in [-0.1, -0.05) is 0 Å². The molecule has 20 heavy (non-hydrogen) atoms. The fourth-order valence-corrected chi connectivity index (χ4v) is 1.12. The number of aliphatic hydroxyl groups is 1. The standard InChI is InChI=1S/C13H16N2O5/c1-9(16)13(18)15-14-7-10-3-5-11(6-4-10)20-8-12(17)19-2/h3-7,9,16H,8H2,1-2H3,(H,15,18)/b14-7-/t9-/m1/s1. The number of hydrogen-bond donors (Lipinski definition) is 2. The van der Waals surface area contributed by atoms with Gasteiger partial charge >= 0.3 is 5.97 Å². The summed E-state index contributed by atoms with van der Waals surface area (Å²) in [6.45, 7) is 1.19. The van der Waals surface area contributed by atoms with E-state index < -0.39 is 18.0 Å². The number of esters is 1. The van der Waals surface area contributed by atoms with Crippen molar-refractivity contribution in [3.8, 4) is 5.75 Å². The molecule has 0 saturated heterocycles. The van der Waals surface area contributed by atoms with Crippen molar-refractivity contribution in [3.63, 3.8) is 0 Å². The van der Waals surface area contributed by atoms with Crippen molar-refractivity contribution in [2.75, 3.05) is 13.7 Å². The van der Waals surface area contributed by atoms with Crippen molar-refractivity contribution in [1.29, 1.82) is 0 Å². The third-order valence-corrected chi connectivity index (χ3v) is 2.23. The molecule has 0 aliphatic heterocycles. The van der Waals surface area contributed by atoms with E-state index in [1.165, 1.54) is 20.2 Å². The highest BCUT2D eigenvalue weighted by molar-refractivity contribution is 5.84. The molecule has 0 radical (unpaired) electrons. The number of aliphatic hydroxyl groups excluding tert-OH is 1. The van der Waals surface area contributed by atoms with Crippen LogP contribution in [0.2, 0.25) is 0 Å². The minimum atomic E-state index is -1.11. The van der Waals surface area contributed by atoms with Crippen LogP contribution in [0.3, 0.4) is 0 Å². The summed E-state index contributed by atoms with van der Waals surface area (Å²) in [6.07, 6.45) is 0.311. The Morgan fingerprint density at radius 1 is 1.40 bits per heavy atom. The summed E-state index contributed by atoms with van der Waals surface area (Å²) >= 11 is 0. The molecule has 0 aliphatic rings. The van der Waals surface area contributed by atoms with Crippen LogP contribution in [0.15, 0.2) is 29.4 Å². The number of carbonyl (C=O) groups is 2. The second kappa shape index (κ2) is 7.90. The van der Waals surface area contributed by atoms with Crippen molar-refractivity contribution in [2.45, 2.75) is 13.0 Å². The summed E-state index contributed by atoms with van der Waals surface area (Å²) in [5.74, 6) is -0.531. The molecule has 7 heteroatoms. The van der Waals surface area contributed by atoms with E-state index in [1.54, 1.807) is 24.3 Å². The van der Waals surface area contributed by atoms with Crippen LogP contribution in [0.25, 0.3) is 0 Å². The van der Waals surface area contributed by atoms with Crippen molar-refractivity contribution < 1.29 is 24.2 Å². The number of rotatable bonds is 6. The first-order chi connectivity index (χ1) is 9.52. The van der Waals surface area contributed by atoms with Crippen LogP contribution in [-0.2, 0) is 14.3 Å². The molecule has 7 nitrogen and oxygen atoms in total. The topological polar surface area (TPSA) is 97.2 Å². The highest BCUT2D eigenvalue weighted by Gasteiger charge is 2.05. The van der Waals surface area contributed by atoms with Crippen LogP contribution in [0.1, 0.15) is 12.5 Å². The summed E-state index contributed by atoms with van der Waals surface area (Å²) in [5.41, 5.74) is 2.90. The zero-order valence-corrected chi connectivity index (χ0v) is 11.2. The maximum absolute atomic E-state index is 11.0. The van der Waals surface area contributed by atoms with Gasteiger partial charge in [-0.15, -0.1) is 0 Å². The SMILES string of the molecule is COC(=O)COc1ccc(/C=N\NC(=O)[C@@H](C)O)cc1. The summed E-state index contributed by atoms with van der Waals surface area (Å²) in [6, 6.07) is 6.71. The van der Waals surface area contributed by atoms with Gasteiger partial charge in [-0.25, -0.2) is 10.2 Å². The Kier molecular flexibility index (Phi) is 6.18. The average Bonchev–Trinajstić information content (AvgIpc) is 2.45. The molecule has 108 valence electrons. The first kappa shape index (κ1) is 15.6. The predicted octanol–water partition coefficient (Wildman–Crippen LogP) is 0.0693. The Morgan fingerprint density at radius 3 is 2.60 bits per heavy atom. The van der Waals surface area contributed by atoms with Gasteiger partial charge in [0, 0.05) is 0 Å². The highest BCUT2D eigenvalue weighted by Crippen LogP contribution is 2.10. The van der Waals surface area contributed by atoms with Gasteiger partial charge in [0.1, 0.15) is 11.9 Å². The van der Waals surface area contributed by atoms with Gasteiger partial charge in [0.15, 0.2) is 6.61 Å². The molecule has 0 heterocycles. The van der Waals surface area contributed by atoms with Gasteiger partial charge in [-0.05, 0) is 36.8 Å². The summed E-state index contributed by atoms with van der Waals surface area (Å²) in [5, 5.41) is 12.6. The molecule has 0 bridgehead atoms. The van der Waals surface area contributed by atoms with Crippen molar-refractivity contribution in [3.05, 3.63) is 29.8 Å². The van der Waals surface area contributed by atoms with Crippen molar-refractivity contribution >= 4 is 18.1 Å². The number of hydrogen-bond acceptors (Lipinski definition) is 6. The lowest BCUT2D eigenvalue weighted by Gasteiger charge is -2.04. The molecule has 0 unspecified atom stereocenters. The Balaban J connectivity index is 2.48. The summed E-state index contributed by atoms with van der Waals surface area (Å²) < 4.78 is 9.61. The van der Waals surface area contributed by atoms with Gasteiger partial charge in [0.25, 0.3) is 5.91 Å². The minimum Gasteiger partial charge on any atom is -0.482 e. The molecule has 1 atom stereocenters.